The van der Waals surface area contributed by atoms with Gasteiger partial charge in [0.15, 0.2) is 0 Å². The van der Waals surface area contributed by atoms with Crippen LogP contribution in [0.3, 0.4) is 0 Å². The van der Waals surface area contributed by atoms with Crippen LogP contribution in [0.25, 0.3) is 11.3 Å². The molecule has 8 heteroatoms. The molecule has 1 unspecified atom stereocenters. The molecule has 0 bridgehead atoms. The number of esters is 1. The first-order valence-electron chi connectivity index (χ1n) is 10.1. The lowest BCUT2D eigenvalue weighted by molar-refractivity contribution is -0.387. The lowest BCUT2D eigenvalue weighted by atomic mass is 9.87. The number of rotatable bonds is 7. The zero-order valence-corrected chi connectivity index (χ0v) is 19.1. The van der Waals surface area contributed by atoms with Gasteiger partial charge in [0.1, 0.15) is 6.04 Å². The first-order chi connectivity index (χ1) is 14.4. The minimum absolute atomic E-state index is 0.111. The average Bonchev–Trinajstić information content (AvgIpc) is 2.67. The van der Waals surface area contributed by atoms with Crippen molar-refractivity contribution in [3.8, 4) is 17.0 Å². The van der Waals surface area contributed by atoms with Crippen molar-refractivity contribution in [2.45, 2.75) is 54.0 Å². The number of carbonyl (C=O) groups is 1. The summed E-state index contributed by atoms with van der Waals surface area (Å²) in [5.41, 5.74) is 0.516. The maximum Gasteiger partial charge on any atom is 0.375 e. The third-order valence-corrected chi connectivity index (χ3v) is 4.96. The summed E-state index contributed by atoms with van der Waals surface area (Å²) < 4.78 is 11.8. The van der Waals surface area contributed by atoms with E-state index in [1.165, 1.54) is 11.7 Å². The van der Waals surface area contributed by atoms with Gasteiger partial charge in [-0.05, 0) is 38.2 Å². The smallest absolute Gasteiger partial charge is 0.375 e. The minimum atomic E-state index is -1.04. The van der Waals surface area contributed by atoms with Crippen LogP contribution in [0.4, 0.5) is 5.69 Å². The van der Waals surface area contributed by atoms with Gasteiger partial charge in [-0.15, -0.1) is 0 Å². The zero-order chi connectivity index (χ0) is 23.5. The maximum atomic E-state index is 13.5. The van der Waals surface area contributed by atoms with Gasteiger partial charge in [0, 0.05) is 5.56 Å². The summed E-state index contributed by atoms with van der Waals surface area (Å²) in [5, 5.41) is 11.8. The normalized spacial score (nSPS) is 12.4. The third-order valence-electron chi connectivity index (χ3n) is 4.96. The van der Waals surface area contributed by atoms with Crippen LogP contribution in [0.2, 0.25) is 0 Å². The molecule has 0 fully saturated rings. The summed E-state index contributed by atoms with van der Waals surface area (Å²) in [5.74, 6) is -0.716. The van der Waals surface area contributed by atoms with Gasteiger partial charge in [-0.2, -0.15) is 0 Å². The molecule has 0 saturated carbocycles. The molecule has 0 aliphatic carbocycles. The lowest BCUT2D eigenvalue weighted by Crippen LogP contribution is -2.36. The fourth-order valence-electron chi connectivity index (χ4n) is 3.65. The number of aryl methyl sites for hydroxylation is 1. The van der Waals surface area contributed by atoms with Crippen LogP contribution in [0.1, 0.15) is 51.3 Å². The molecule has 0 amide bonds. The Morgan fingerprint density at radius 3 is 2.23 bits per heavy atom. The molecule has 8 nitrogen and oxygen atoms in total. The van der Waals surface area contributed by atoms with E-state index >= 15 is 0 Å². The van der Waals surface area contributed by atoms with Crippen LogP contribution in [-0.2, 0) is 9.53 Å². The van der Waals surface area contributed by atoms with Crippen molar-refractivity contribution in [1.82, 2.24) is 4.57 Å². The Balaban J connectivity index is 3.02. The summed E-state index contributed by atoms with van der Waals surface area (Å²) >= 11 is 0. The molecule has 2 rings (SSSR count). The van der Waals surface area contributed by atoms with Crippen LogP contribution in [0.15, 0.2) is 29.1 Å². The van der Waals surface area contributed by atoms with Gasteiger partial charge in [-0.3, -0.25) is 19.5 Å². The second-order valence-electron chi connectivity index (χ2n) is 8.69. The van der Waals surface area contributed by atoms with E-state index in [1.807, 2.05) is 52.0 Å². The topological polar surface area (TPSA) is 101 Å². The predicted molar refractivity (Wildman–Crippen MR) is 119 cm³/mol. The SMILES string of the molecule is CCOC(=O)C(CC(C)(C)C)n1c(-c2ccc(C)cc2)c(C)c(OC)c([N+](=O)[O-])c1=O. The third kappa shape index (κ3) is 5.13. The van der Waals surface area contributed by atoms with Crippen LogP contribution in [-0.4, -0.2) is 29.2 Å². The Morgan fingerprint density at radius 2 is 1.77 bits per heavy atom. The molecule has 0 saturated heterocycles. The summed E-state index contributed by atoms with van der Waals surface area (Å²) in [6, 6.07) is 6.35. The van der Waals surface area contributed by atoms with Crippen molar-refractivity contribution in [3.05, 3.63) is 55.9 Å². The highest BCUT2D eigenvalue weighted by Gasteiger charge is 2.36. The van der Waals surface area contributed by atoms with Crippen LogP contribution in [0.5, 0.6) is 5.75 Å². The van der Waals surface area contributed by atoms with Gasteiger partial charge < -0.3 is 9.47 Å². The van der Waals surface area contributed by atoms with Gasteiger partial charge in [-0.1, -0.05) is 50.6 Å². The van der Waals surface area contributed by atoms with E-state index in [1.54, 1.807) is 13.8 Å². The van der Waals surface area contributed by atoms with Gasteiger partial charge in [0.05, 0.1) is 24.3 Å². The van der Waals surface area contributed by atoms with E-state index in [0.29, 0.717) is 16.8 Å². The molecular weight excluding hydrogens is 400 g/mol. The van der Waals surface area contributed by atoms with Crippen LogP contribution >= 0.6 is 0 Å². The number of nitrogens with zero attached hydrogens (tertiary/aromatic N) is 2. The summed E-state index contributed by atoms with van der Waals surface area (Å²) in [4.78, 5) is 37.5. The van der Waals surface area contributed by atoms with Gasteiger partial charge in [-0.25, -0.2) is 4.79 Å². The number of hydrogen-bond donors (Lipinski definition) is 0. The van der Waals surface area contributed by atoms with Crippen molar-refractivity contribution in [1.29, 1.82) is 0 Å². The number of hydrogen-bond acceptors (Lipinski definition) is 6. The monoisotopic (exact) mass is 430 g/mol. The van der Waals surface area contributed by atoms with E-state index in [4.69, 9.17) is 9.47 Å². The van der Waals surface area contributed by atoms with Gasteiger partial charge in [0.25, 0.3) is 0 Å². The van der Waals surface area contributed by atoms with Crippen LogP contribution < -0.4 is 10.3 Å². The Morgan fingerprint density at radius 1 is 1.19 bits per heavy atom. The highest BCUT2D eigenvalue weighted by molar-refractivity contribution is 5.78. The molecule has 0 aliphatic heterocycles. The highest BCUT2D eigenvalue weighted by Crippen LogP contribution is 2.38. The van der Waals surface area contributed by atoms with Crippen molar-refractivity contribution in [3.63, 3.8) is 0 Å². The number of ether oxygens (including phenoxy) is 2. The van der Waals surface area contributed by atoms with E-state index < -0.39 is 28.2 Å². The molecule has 168 valence electrons. The number of nitro groups is 1. The fourth-order valence-corrected chi connectivity index (χ4v) is 3.65. The lowest BCUT2D eigenvalue weighted by Gasteiger charge is -2.29. The average molecular weight is 431 g/mol. The first kappa shape index (κ1) is 24.1. The van der Waals surface area contributed by atoms with Crippen LogP contribution in [0, 0.1) is 29.4 Å². The molecule has 1 aromatic carbocycles. The molecule has 0 aliphatic rings. The molecule has 0 radical (unpaired) electrons. The van der Waals surface area contributed by atoms with Crippen molar-refractivity contribution < 1.29 is 19.2 Å². The second-order valence-corrected chi connectivity index (χ2v) is 8.69. The Bertz CT molecular complexity index is 1030. The van der Waals surface area contributed by atoms with Gasteiger partial charge >= 0.3 is 17.2 Å². The van der Waals surface area contributed by atoms with E-state index in [9.17, 15) is 19.7 Å². The number of pyridine rings is 1. The Hall–Kier alpha value is -3.16. The quantitative estimate of drug-likeness (QED) is 0.362. The largest absolute Gasteiger partial charge is 0.490 e. The zero-order valence-electron chi connectivity index (χ0n) is 19.1. The molecule has 0 spiro atoms. The Kier molecular flexibility index (Phi) is 7.25. The molecule has 1 heterocycles. The molecule has 1 aromatic heterocycles. The molecule has 1 atom stereocenters. The second kappa shape index (κ2) is 9.32. The summed E-state index contributed by atoms with van der Waals surface area (Å²) in [7, 11) is 1.29. The molecule has 0 N–H and O–H groups in total. The standard InChI is InChI=1S/C23H30N2O6/c1-8-31-22(27)17(13-23(4,5)6)24-18(16-11-9-14(2)10-12-16)15(3)20(30-7)19(21(24)26)25(28)29/h9-12,17H,8,13H2,1-7H3. The Labute approximate surface area is 182 Å². The molecular formula is C23H30N2O6. The van der Waals surface area contributed by atoms with E-state index in [2.05, 4.69) is 0 Å². The van der Waals surface area contributed by atoms with E-state index in [-0.39, 0.29) is 24.2 Å². The number of benzene rings is 1. The molecule has 2 aromatic rings. The van der Waals surface area contributed by atoms with Crippen molar-refractivity contribution in [2.75, 3.05) is 13.7 Å². The van der Waals surface area contributed by atoms with Gasteiger partial charge in [0.2, 0.25) is 5.75 Å². The van der Waals surface area contributed by atoms with Crippen molar-refractivity contribution in [2.24, 2.45) is 5.41 Å². The van der Waals surface area contributed by atoms with Crippen molar-refractivity contribution >= 4 is 11.7 Å². The number of carbonyl (C=O) groups excluding carboxylic acids is 1. The summed E-state index contributed by atoms with van der Waals surface area (Å²) in [6.07, 6.45) is 0.257. The number of aromatic nitrogens is 1. The fraction of sp³-hybridized carbons (Fsp3) is 0.478. The van der Waals surface area contributed by atoms with E-state index in [0.717, 1.165) is 5.56 Å². The molecule has 31 heavy (non-hydrogen) atoms. The summed E-state index contributed by atoms with van der Waals surface area (Å²) in [6.45, 7) is 11.2. The minimum Gasteiger partial charge on any atom is -0.490 e. The first-order valence-corrected chi connectivity index (χ1v) is 10.1. The predicted octanol–water partition coefficient (Wildman–Crippen LogP) is 4.59. The number of methoxy groups -OCH3 is 1. The maximum absolute atomic E-state index is 13.5. The highest BCUT2D eigenvalue weighted by atomic mass is 16.6.